The van der Waals surface area contributed by atoms with Gasteiger partial charge >= 0.3 is 5.97 Å². The van der Waals surface area contributed by atoms with Crippen molar-refractivity contribution in [2.75, 3.05) is 20.3 Å². The molecule has 1 aliphatic carbocycles. The van der Waals surface area contributed by atoms with E-state index < -0.39 is 5.97 Å². The van der Waals surface area contributed by atoms with Gasteiger partial charge in [0.05, 0.1) is 13.7 Å². The molecule has 1 fully saturated rings. The molecule has 0 radical (unpaired) electrons. The van der Waals surface area contributed by atoms with Gasteiger partial charge in [0.2, 0.25) is 5.91 Å². The Labute approximate surface area is 160 Å². The summed E-state index contributed by atoms with van der Waals surface area (Å²) in [7, 11) is 1.52. The summed E-state index contributed by atoms with van der Waals surface area (Å²) in [6.07, 6.45) is 7.69. The quantitative estimate of drug-likeness (QED) is 0.557. The summed E-state index contributed by atoms with van der Waals surface area (Å²) in [6.45, 7) is 4.13. The Morgan fingerprint density at radius 2 is 1.93 bits per heavy atom. The second kappa shape index (κ2) is 10.6. The molecule has 1 N–H and O–H groups in total. The molecule has 6 heteroatoms. The predicted octanol–water partition coefficient (Wildman–Crippen LogP) is 3.35. The average molecular weight is 375 g/mol. The third kappa shape index (κ3) is 6.96. The number of hydrogen-bond acceptors (Lipinski definition) is 5. The summed E-state index contributed by atoms with van der Waals surface area (Å²) >= 11 is 0. The zero-order chi connectivity index (χ0) is 19.6. The fourth-order valence-corrected chi connectivity index (χ4v) is 3.07. The molecule has 148 valence electrons. The van der Waals surface area contributed by atoms with Crippen LogP contribution in [0.15, 0.2) is 24.3 Å². The minimum atomic E-state index is -0.433. The number of methoxy groups -OCH3 is 1. The van der Waals surface area contributed by atoms with Crippen LogP contribution >= 0.6 is 0 Å². The first-order chi connectivity index (χ1) is 13.0. The Kier molecular flexibility index (Phi) is 8.17. The zero-order valence-electron chi connectivity index (χ0n) is 16.3. The van der Waals surface area contributed by atoms with Crippen LogP contribution in [-0.4, -0.2) is 38.2 Å². The SMILES string of the molecule is CCOC(=O)COc1ccc(/C=C/C(=O)N[C@H]2CC[C@H](C)CC2)cc1OC. The minimum Gasteiger partial charge on any atom is -0.493 e. The maximum Gasteiger partial charge on any atom is 0.344 e. The van der Waals surface area contributed by atoms with Crippen molar-refractivity contribution in [2.45, 2.75) is 45.6 Å². The maximum atomic E-state index is 12.1. The summed E-state index contributed by atoms with van der Waals surface area (Å²) < 4.78 is 15.6. The number of carbonyl (C=O) groups excluding carboxylic acids is 2. The second-order valence-electron chi connectivity index (χ2n) is 6.80. The molecule has 2 rings (SSSR count). The van der Waals surface area contributed by atoms with Crippen molar-refractivity contribution >= 4 is 18.0 Å². The highest BCUT2D eigenvalue weighted by molar-refractivity contribution is 5.92. The zero-order valence-corrected chi connectivity index (χ0v) is 16.3. The van der Waals surface area contributed by atoms with Crippen molar-refractivity contribution in [3.05, 3.63) is 29.8 Å². The van der Waals surface area contributed by atoms with Crippen molar-refractivity contribution in [3.8, 4) is 11.5 Å². The smallest absolute Gasteiger partial charge is 0.344 e. The van der Waals surface area contributed by atoms with E-state index in [9.17, 15) is 9.59 Å². The second-order valence-corrected chi connectivity index (χ2v) is 6.80. The van der Waals surface area contributed by atoms with Crippen LogP contribution < -0.4 is 14.8 Å². The van der Waals surface area contributed by atoms with Gasteiger partial charge in [-0.2, -0.15) is 0 Å². The largest absolute Gasteiger partial charge is 0.493 e. The van der Waals surface area contributed by atoms with Crippen LogP contribution in [0.5, 0.6) is 11.5 Å². The van der Waals surface area contributed by atoms with Gasteiger partial charge in [-0.05, 0) is 62.3 Å². The fourth-order valence-electron chi connectivity index (χ4n) is 3.07. The van der Waals surface area contributed by atoms with E-state index in [4.69, 9.17) is 14.2 Å². The molecular formula is C21H29NO5. The Bertz CT molecular complexity index is 663. The molecule has 0 aromatic heterocycles. The van der Waals surface area contributed by atoms with Crippen molar-refractivity contribution < 1.29 is 23.8 Å². The van der Waals surface area contributed by atoms with E-state index >= 15 is 0 Å². The van der Waals surface area contributed by atoms with Crippen LogP contribution in [0.2, 0.25) is 0 Å². The van der Waals surface area contributed by atoms with E-state index in [1.165, 1.54) is 26.0 Å². The molecule has 0 heterocycles. The average Bonchev–Trinajstić information content (AvgIpc) is 2.67. The van der Waals surface area contributed by atoms with E-state index in [1.807, 2.05) is 0 Å². The van der Waals surface area contributed by atoms with Gasteiger partial charge in [-0.25, -0.2) is 4.79 Å². The Morgan fingerprint density at radius 1 is 1.19 bits per heavy atom. The monoisotopic (exact) mass is 375 g/mol. The van der Waals surface area contributed by atoms with Gasteiger partial charge in [0.1, 0.15) is 0 Å². The van der Waals surface area contributed by atoms with Crippen LogP contribution in [0.3, 0.4) is 0 Å². The van der Waals surface area contributed by atoms with Gasteiger partial charge in [-0.1, -0.05) is 13.0 Å². The van der Waals surface area contributed by atoms with E-state index in [1.54, 1.807) is 31.2 Å². The molecule has 6 nitrogen and oxygen atoms in total. The standard InChI is InChI=1S/C21H29NO5/c1-4-26-21(24)14-27-18-11-7-16(13-19(18)25-3)8-12-20(23)22-17-9-5-15(2)6-10-17/h7-8,11-13,15,17H,4-6,9-10,14H2,1-3H3,(H,22,23)/b12-8+/t15-,17-. The predicted molar refractivity (Wildman–Crippen MR) is 104 cm³/mol. The molecule has 1 amide bonds. The number of rotatable bonds is 8. The molecule has 1 aromatic rings. The van der Waals surface area contributed by atoms with Gasteiger partial charge in [0, 0.05) is 12.1 Å². The molecule has 1 saturated carbocycles. The number of amides is 1. The van der Waals surface area contributed by atoms with Crippen LogP contribution in [-0.2, 0) is 14.3 Å². The third-order valence-corrected chi connectivity index (χ3v) is 4.63. The van der Waals surface area contributed by atoms with E-state index in [2.05, 4.69) is 12.2 Å². The number of ether oxygens (including phenoxy) is 3. The molecule has 0 bridgehead atoms. The van der Waals surface area contributed by atoms with Crippen LogP contribution in [0.4, 0.5) is 0 Å². The summed E-state index contributed by atoms with van der Waals surface area (Å²) in [4.78, 5) is 23.5. The lowest BCUT2D eigenvalue weighted by Gasteiger charge is -2.26. The molecule has 0 atom stereocenters. The van der Waals surface area contributed by atoms with Crippen molar-refractivity contribution in [1.82, 2.24) is 5.32 Å². The van der Waals surface area contributed by atoms with Gasteiger partial charge in [0.25, 0.3) is 0 Å². The highest BCUT2D eigenvalue weighted by atomic mass is 16.6. The van der Waals surface area contributed by atoms with Crippen LogP contribution in [0.1, 0.15) is 45.1 Å². The maximum absolute atomic E-state index is 12.1. The van der Waals surface area contributed by atoms with Gasteiger partial charge in [-0.15, -0.1) is 0 Å². The van der Waals surface area contributed by atoms with Crippen LogP contribution in [0, 0.1) is 5.92 Å². The first-order valence-corrected chi connectivity index (χ1v) is 9.46. The molecule has 0 saturated heterocycles. The molecular weight excluding hydrogens is 346 g/mol. The number of hydrogen-bond donors (Lipinski definition) is 1. The first-order valence-electron chi connectivity index (χ1n) is 9.46. The minimum absolute atomic E-state index is 0.0869. The number of esters is 1. The summed E-state index contributed by atoms with van der Waals surface area (Å²) in [5, 5.41) is 3.06. The van der Waals surface area contributed by atoms with Gasteiger partial charge in [0.15, 0.2) is 18.1 Å². The number of nitrogens with one attached hydrogen (secondary N) is 1. The molecule has 27 heavy (non-hydrogen) atoms. The van der Waals surface area contributed by atoms with Crippen molar-refractivity contribution in [1.29, 1.82) is 0 Å². The molecule has 0 unspecified atom stereocenters. The molecule has 0 spiro atoms. The van der Waals surface area contributed by atoms with Crippen molar-refractivity contribution in [3.63, 3.8) is 0 Å². The topological polar surface area (TPSA) is 73.9 Å². The Morgan fingerprint density at radius 3 is 2.59 bits per heavy atom. The van der Waals surface area contributed by atoms with E-state index in [-0.39, 0.29) is 18.6 Å². The lowest BCUT2D eigenvalue weighted by Crippen LogP contribution is -2.36. The van der Waals surface area contributed by atoms with E-state index in [0.29, 0.717) is 18.1 Å². The van der Waals surface area contributed by atoms with E-state index in [0.717, 1.165) is 24.3 Å². The fraction of sp³-hybridized carbons (Fsp3) is 0.524. The number of benzene rings is 1. The molecule has 1 aliphatic rings. The highest BCUT2D eigenvalue weighted by Crippen LogP contribution is 2.28. The Hall–Kier alpha value is -2.50. The lowest BCUT2D eigenvalue weighted by atomic mass is 9.87. The third-order valence-electron chi connectivity index (χ3n) is 4.63. The summed E-state index contributed by atoms with van der Waals surface area (Å²) in [5.74, 6) is 1.17. The van der Waals surface area contributed by atoms with Gasteiger partial charge in [-0.3, -0.25) is 4.79 Å². The van der Waals surface area contributed by atoms with Crippen molar-refractivity contribution in [2.24, 2.45) is 5.92 Å². The molecule has 1 aromatic carbocycles. The summed E-state index contributed by atoms with van der Waals surface area (Å²) in [6, 6.07) is 5.53. The lowest BCUT2D eigenvalue weighted by molar-refractivity contribution is -0.145. The molecule has 0 aliphatic heterocycles. The van der Waals surface area contributed by atoms with Crippen LogP contribution in [0.25, 0.3) is 6.08 Å². The Balaban J connectivity index is 1.90. The summed E-state index contributed by atoms with van der Waals surface area (Å²) in [5.41, 5.74) is 0.808. The first kappa shape index (κ1) is 20.8. The van der Waals surface area contributed by atoms with Gasteiger partial charge < -0.3 is 19.5 Å². The highest BCUT2D eigenvalue weighted by Gasteiger charge is 2.18. The normalized spacial score (nSPS) is 19.5. The number of carbonyl (C=O) groups is 2.